The van der Waals surface area contributed by atoms with E-state index in [4.69, 9.17) is 14.9 Å². The van der Waals surface area contributed by atoms with Crippen molar-refractivity contribution in [3.05, 3.63) is 0 Å². The van der Waals surface area contributed by atoms with Crippen molar-refractivity contribution in [2.75, 3.05) is 13.2 Å². The zero-order valence-electron chi connectivity index (χ0n) is 9.29. The fourth-order valence-corrected chi connectivity index (χ4v) is 0.463. The third-order valence-electron chi connectivity index (χ3n) is 1.21. The van der Waals surface area contributed by atoms with E-state index in [1.165, 1.54) is 19.8 Å². The molecule has 0 amide bonds. The fraction of sp³-hybridized carbons (Fsp3) is 1.00. The Labute approximate surface area is 81.7 Å². The van der Waals surface area contributed by atoms with Gasteiger partial charge in [0, 0.05) is 6.61 Å². The van der Waals surface area contributed by atoms with Gasteiger partial charge in [-0.1, -0.05) is 13.3 Å². The molecule has 0 aliphatic rings. The van der Waals surface area contributed by atoms with Crippen molar-refractivity contribution in [2.24, 2.45) is 0 Å². The summed E-state index contributed by atoms with van der Waals surface area (Å²) < 4.78 is 5.28. The van der Waals surface area contributed by atoms with Crippen LogP contribution in [0, 0.1) is 0 Å². The fourth-order valence-electron chi connectivity index (χ4n) is 0.463. The Bertz CT molecular complexity index is 82.2. The average Bonchev–Trinajstić information content (AvgIpc) is 2.05. The van der Waals surface area contributed by atoms with E-state index in [9.17, 15) is 0 Å². The lowest BCUT2D eigenvalue weighted by Gasteiger charge is -2.04. The molecule has 1 atom stereocenters. The van der Waals surface area contributed by atoms with Crippen LogP contribution in [0.25, 0.3) is 0 Å². The van der Waals surface area contributed by atoms with Crippen LogP contribution < -0.4 is 0 Å². The molecule has 0 aliphatic carbocycles. The van der Waals surface area contributed by atoms with Gasteiger partial charge in [-0.25, -0.2) is 0 Å². The quantitative estimate of drug-likeness (QED) is 0.650. The summed E-state index contributed by atoms with van der Waals surface area (Å²) in [6.45, 7) is 8.61. The lowest BCUT2D eigenvalue weighted by Crippen LogP contribution is -2.03. The Morgan fingerprint density at radius 3 is 1.92 bits per heavy atom. The lowest BCUT2D eigenvalue weighted by atomic mass is 10.3. The lowest BCUT2D eigenvalue weighted by molar-refractivity contribution is 0.0767. The molecule has 0 saturated carbocycles. The Balaban J connectivity index is 0. The van der Waals surface area contributed by atoms with Crippen LogP contribution in [0.1, 0.15) is 40.5 Å². The maximum Gasteiger partial charge on any atom is 0.0742 e. The largest absolute Gasteiger partial charge is 0.394 e. The molecule has 0 aromatic rings. The van der Waals surface area contributed by atoms with Crippen LogP contribution in [0.15, 0.2) is 0 Å². The van der Waals surface area contributed by atoms with E-state index >= 15 is 0 Å². The van der Waals surface area contributed by atoms with Gasteiger partial charge in [-0.2, -0.15) is 0 Å². The molecule has 0 saturated heterocycles. The highest BCUT2D eigenvalue weighted by molar-refractivity contribution is 4.36. The van der Waals surface area contributed by atoms with Gasteiger partial charge >= 0.3 is 0 Å². The first-order valence-corrected chi connectivity index (χ1v) is 4.95. The number of aliphatic hydroxyl groups is 2. The van der Waals surface area contributed by atoms with Crippen molar-refractivity contribution in [3.8, 4) is 0 Å². The maximum atomic E-state index is 8.11. The third-order valence-corrected chi connectivity index (χ3v) is 1.21. The number of aliphatic hydroxyl groups excluding tert-OH is 2. The maximum absolute atomic E-state index is 8.11. The van der Waals surface area contributed by atoms with Crippen molar-refractivity contribution in [3.63, 3.8) is 0 Å². The molecular formula is C10H24O3. The topological polar surface area (TPSA) is 49.7 Å². The summed E-state index contributed by atoms with van der Waals surface area (Å²) in [6.07, 6.45) is 2.27. The molecule has 0 heterocycles. The molecule has 13 heavy (non-hydrogen) atoms. The van der Waals surface area contributed by atoms with Gasteiger partial charge in [-0.15, -0.1) is 0 Å². The molecule has 1 unspecified atom stereocenters. The highest BCUT2D eigenvalue weighted by atomic mass is 16.5. The summed E-state index contributed by atoms with van der Waals surface area (Å²) >= 11 is 0. The minimum atomic E-state index is -0.560. The van der Waals surface area contributed by atoms with E-state index < -0.39 is 6.10 Å². The average molecular weight is 192 g/mol. The number of hydrogen-bond acceptors (Lipinski definition) is 3. The monoisotopic (exact) mass is 192 g/mol. The second-order valence-electron chi connectivity index (χ2n) is 3.30. The minimum Gasteiger partial charge on any atom is -0.394 e. The van der Waals surface area contributed by atoms with Gasteiger partial charge in [0.05, 0.1) is 18.8 Å². The Morgan fingerprint density at radius 2 is 1.69 bits per heavy atom. The standard InChI is InChI=1S/C7H16O.C3H8O2/c1-4-5-6-8-7(2)3;1-3(5)2-4/h7H,4-6H2,1-3H3;3-5H,2H2,1H3. The first-order chi connectivity index (χ1) is 6.04. The zero-order chi connectivity index (χ0) is 10.7. The SMILES string of the molecule is CC(O)CO.CCCCOC(C)C. The molecule has 0 fully saturated rings. The van der Waals surface area contributed by atoms with Crippen LogP contribution in [0.5, 0.6) is 0 Å². The number of unbranched alkanes of at least 4 members (excludes halogenated alkanes) is 1. The van der Waals surface area contributed by atoms with Gasteiger partial charge in [0.25, 0.3) is 0 Å². The molecule has 0 aliphatic heterocycles. The summed E-state index contributed by atoms with van der Waals surface area (Å²) in [6, 6.07) is 0. The van der Waals surface area contributed by atoms with Crippen molar-refractivity contribution in [1.82, 2.24) is 0 Å². The van der Waals surface area contributed by atoms with Crippen molar-refractivity contribution >= 4 is 0 Å². The van der Waals surface area contributed by atoms with Crippen LogP contribution in [0.4, 0.5) is 0 Å². The van der Waals surface area contributed by atoms with E-state index in [1.807, 2.05) is 0 Å². The Hall–Kier alpha value is -0.120. The molecule has 0 spiro atoms. The van der Waals surface area contributed by atoms with Gasteiger partial charge < -0.3 is 14.9 Å². The van der Waals surface area contributed by atoms with Crippen molar-refractivity contribution in [1.29, 1.82) is 0 Å². The van der Waals surface area contributed by atoms with Gasteiger partial charge in [0.2, 0.25) is 0 Å². The molecule has 82 valence electrons. The molecule has 0 radical (unpaired) electrons. The van der Waals surface area contributed by atoms with E-state index in [2.05, 4.69) is 20.8 Å². The number of rotatable bonds is 5. The summed E-state index contributed by atoms with van der Waals surface area (Å²) in [5.41, 5.74) is 0. The summed E-state index contributed by atoms with van der Waals surface area (Å²) in [4.78, 5) is 0. The van der Waals surface area contributed by atoms with Crippen LogP contribution in [-0.2, 0) is 4.74 Å². The molecule has 0 aromatic carbocycles. The van der Waals surface area contributed by atoms with Crippen LogP contribution in [0.3, 0.4) is 0 Å². The number of hydrogen-bond donors (Lipinski definition) is 2. The minimum absolute atomic E-state index is 0.139. The predicted molar refractivity (Wildman–Crippen MR) is 54.8 cm³/mol. The Morgan fingerprint density at radius 1 is 1.23 bits per heavy atom. The second kappa shape index (κ2) is 11.9. The number of ether oxygens (including phenoxy) is 1. The molecule has 0 bridgehead atoms. The van der Waals surface area contributed by atoms with Crippen molar-refractivity contribution in [2.45, 2.75) is 52.7 Å². The molecule has 2 N–H and O–H groups in total. The zero-order valence-corrected chi connectivity index (χ0v) is 9.29. The molecule has 3 nitrogen and oxygen atoms in total. The first kappa shape index (κ1) is 15.4. The van der Waals surface area contributed by atoms with E-state index in [-0.39, 0.29) is 6.61 Å². The highest BCUT2D eigenvalue weighted by Gasteiger charge is 1.89. The molecule has 3 heteroatoms. The van der Waals surface area contributed by atoms with E-state index in [1.54, 1.807) is 0 Å². The van der Waals surface area contributed by atoms with Crippen LogP contribution in [-0.4, -0.2) is 35.6 Å². The van der Waals surface area contributed by atoms with Crippen molar-refractivity contribution < 1.29 is 14.9 Å². The first-order valence-electron chi connectivity index (χ1n) is 4.95. The van der Waals surface area contributed by atoms with Gasteiger partial charge in [0.15, 0.2) is 0 Å². The smallest absolute Gasteiger partial charge is 0.0742 e. The van der Waals surface area contributed by atoms with Gasteiger partial charge in [0.1, 0.15) is 0 Å². The van der Waals surface area contributed by atoms with E-state index in [0.29, 0.717) is 6.10 Å². The summed E-state index contributed by atoms with van der Waals surface area (Å²) in [5, 5.41) is 16.0. The highest BCUT2D eigenvalue weighted by Crippen LogP contribution is 1.91. The normalized spacial score (nSPS) is 12.2. The molecular weight excluding hydrogens is 168 g/mol. The Kier molecular flexibility index (Phi) is 14.0. The van der Waals surface area contributed by atoms with Crippen LogP contribution >= 0.6 is 0 Å². The van der Waals surface area contributed by atoms with Crippen LogP contribution in [0.2, 0.25) is 0 Å². The van der Waals surface area contributed by atoms with Gasteiger partial charge in [-0.05, 0) is 27.2 Å². The van der Waals surface area contributed by atoms with E-state index in [0.717, 1.165) is 6.61 Å². The second-order valence-corrected chi connectivity index (χ2v) is 3.30. The summed E-state index contributed by atoms with van der Waals surface area (Å²) in [5.74, 6) is 0. The summed E-state index contributed by atoms with van der Waals surface area (Å²) in [7, 11) is 0. The third kappa shape index (κ3) is 24.5. The molecule has 0 rings (SSSR count). The predicted octanol–water partition coefficient (Wildman–Crippen LogP) is 1.57. The molecule has 0 aromatic heterocycles. The van der Waals surface area contributed by atoms with Gasteiger partial charge in [-0.3, -0.25) is 0 Å².